The summed E-state index contributed by atoms with van der Waals surface area (Å²) in [5, 5.41) is 11.6. The summed E-state index contributed by atoms with van der Waals surface area (Å²) in [6.07, 6.45) is 0. The van der Waals surface area contributed by atoms with Crippen molar-refractivity contribution in [2.45, 2.75) is 5.75 Å². The van der Waals surface area contributed by atoms with Gasteiger partial charge >= 0.3 is 0 Å². The lowest BCUT2D eigenvalue weighted by atomic mass is 10.2. The number of nitriles is 1. The Labute approximate surface area is 151 Å². The van der Waals surface area contributed by atoms with E-state index in [0.717, 1.165) is 22.8 Å². The van der Waals surface area contributed by atoms with Crippen LogP contribution in [0.15, 0.2) is 48.5 Å². The van der Waals surface area contributed by atoms with Crippen LogP contribution in [0.3, 0.4) is 0 Å². The van der Waals surface area contributed by atoms with Gasteiger partial charge in [0.05, 0.1) is 31.0 Å². The van der Waals surface area contributed by atoms with Crippen molar-refractivity contribution in [2.24, 2.45) is 0 Å². The summed E-state index contributed by atoms with van der Waals surface area (Å²) in [5.41, 5.74) is 1.74. The molecule has 0 bridgehead atoms. The number of hydrogen-bond donors (Lipinski definition) is 1. The molecule has 0 aliphatic rings. The fourth-order valence-corrected chi connectivity index (χ4v) is 2.84. The minimum Gasteiger partial charge on any atom is -0.497 e. The highest BCUT2D eigenvalue weighted by Crippen LogP contribution is 2.16. The van der Waals surface area contributed by atoms with Crippen molar-refractivity contribution in [3.8, 4) is 17.6 Å². The summed E-state index contributed by atoms with van der Waals surface area (Å²) in [7, 11) is 1.62. The van der Waals surface area contributed by atoms with Gasteiger partial charge in [0, 0.05) is 5.75 Å². The number of benzene rings is 2. The van der Waals surface area contributed by atoms with Gasteiger partial charge < -0.3 is 14.8 Å². The molecule has 2 aromatic carbocycles. The van der Waals surface area contributed by atoms with E-state index in [2.05, 4.69) is 11.4 Å². The minimum absolute atomic E-state index is 0.0167. The quantitative estimate of drug-likeness (QED) is 0.700. The summed E-state index contributed by atoms with van der Waals surface area (Å²) < 4.78 is 10.6. The fourth-order valence-electron chi connectivity index (χ4n) is 2.02. The highest BCUT2D eigenvalue weighted by atomic mass is 32.2. The summed E-state index contributed by atoms with van der Waals surface area (Å²) >= 11 is 1.54. The summed E-state index contributed by atoms with van der Waals surface area (Å²) in [5.74, 6) is 2.63. The molecule has 0 unspecified atom stereocenters. The molecule has 2 aromatic rings. The lowest BCUT2D eigenvalue weighted by Gasteiger charge is -2.08. The van der Waals surface area contributed by atoms with Crippen molar-refractivity contribution in [3.63, 3.8) is 0 Å². The third kappa shape index (κ3) is 6.77. The molecule has 0 aliphatic heterocycles. The highest BCUT2D eigenvalue weighted by Gasteiger charge is 2.02. The van der Waals surface area contributed by atoms with Gasteiger partial charge in [-0.05, 0) is 42.0 Å². The molecule has 0 heterocycles. The van der Waals surface area contributed by atoms with Gasteiger partial charge in [0.15, 0.2) is 0 Å². The second-order valence-corrected chi connectivity index (χ2v) is 6.16. The van der Waals surface area contributed by atoms with Gasteiger partial charge in [0.25, 0.3) is 0 Å². The van der Waals surface area contributed by atoms with Crippen LogP contribution >= 0.6 is 11.8 Å². The third-order valence-corrected chi connectivity index (χ3v) is 4.34. The van der Waals surface area contributed by atoms with E-state index in [4.69, 9.17) is 14.7 Å². The standard InChI is InChI=1S/C19H20N2O3S/c1-23-17-6-8-18(9-7-17)24-11-10-21-19(22)14-25-13-16-4-2-15(12-20)3-5-16/h2-9H,10-11,13-14H2,1H3,(H,21,22). The molecular weight excluding hydrogens is 336 g/mol. The number of hydrogen-bond acceptors (Lipinski definition) is 5. The van der Waals surface area contributed by atoms with E-state index < -0.39 is 0 Å². The minimum atomic E-state index is -0.0167. The van der Waals surface area contributed by atoms with Gasteiger partial charge in [-0.25, -0.2) is 0 Å². The van der Waals surface area contributed by atoms with Gasteiger partial charge in [-0.3, -0.25) is 4.79 Å². The van der Waals surface area contributed by atoms with Crippen molar-refractivity contribution >= 4 is 17.7 Å². The molecular formula is C19H20N2O3S. The number of carbonyl (C=O) groups is 1. The largest absolute Gasteiger partial charge is 0.497 e. The van der Waals surface area contributed by atoms with E-state index in [1.165, 1.54) is 11.8 Å². The SMILES string of the molecule is COc1ccc(OCCNC(=O)CSCc2ccc(C#N)cc2)cc1. The molecule has 5 nitrogen and oxygen atoms in total. The first-order chi connectivity index (χ1) is 12.2. The van der Waals surface area contributed by atoms with Crippen LogP contribution in [0.2, 0.25) is 0 Å². The van der Waals surface area contributed by atoms with Crippen molar-refractivity contribution in [2.75, 3.05) is 26.0 Å². The van der Waals surface area contributed by atoms with Crippen LogP contribution in [0.4, 0.5) is 0 Å². The molecule has 0 spiro atoms. The molecule has 0 aromatic heterocycles. The number of ether oxygens (including phenoxy) is 2. The molecule has 6 heteroatoms. The van der Waals surface area contributed by atoms with E-state index >= 15 is 0 Å². The molecule has 25 heavy (non-hydrogen) atoms. The number of nitrogens with one attached hydrogen (secondary N) is 1. The molecule has 130 valence electrons. The second kappa shape index (κ2) is 10.3. The number of rotatable bonds is 9. The Balaban J connectivity index is 1.58. The second-order valence-electron chi connectivity index (χ2n) is 5.18. The monoisotopic (exact) mass is 356 g/mol. The zero-order valence-electron chi connectivity index (χ0n) is 14.0. The molecule has 1 N–H and O–H groups in total. The molecule has 0 saturated carbocycles. The van der Waals surface area contributed by atoms with Crippen molar-refractivity contribution in [3.05, 3.63) is 59.7 Å². The first kappa shape index (κ1) is 18.7. The normalized spacial score (nSPS) is 9.92. The lowest BCUT2D eigenvalue weighted by molar-refractivity contribution is -0.118. The summed E-state index contributed by atoms with van der Waals surface area (Å²) in [4.78, 5) is 11.8. The highest BCUT2D eigenvalue weighted by molar-refractivity contribution is 7.99. The van der Waals surface area contributed by atoms with Crippen LogP contribution in [-0.2, 0) is 10.5 Å². The average Bonchev–Trinajstić information content (AvgIpc) is 2.66. The van der Waals surface area contributed by atoms with Gasteiger partial charge in [0.1, 0.15) is 18.1 Å². The molecule has 0 saturated heterocycles. The van der Waals surface area contributed by atoms with E-state index in [1.54, 1.807) is 19.2 Å². The van der Waals surface area contributed by atoms with Crippen LogP contribution < -0.4 is 14.8 Å². The Morgan fingerprint density at radius 2 is 1.80 bits per heavy atom. The van der Waals surface area contributed by atoms with E-state index in [-0.39, 0.29) is 5.91 Å². The van der Waals surface area contributed by atoms with Crippen LogP contribution in [0.1, 0.15) is 11.1 Å². The van der Waals surface area contributed by atoms with E-state index in [0.29, 0.717) is 24.5 Å². The molecule has 0 atom stereocenters. The maximum absolute atomic E-state index is 11.8. The number of amides is 1. The Bertz CT molecular complexity index is 709. The summed E-state index contributed by atoms with van der Waals surface area (Å²) in [6.45, 7) is 0.876. The predicted octanol–water partition coefficient (Wildman–Crippen LogP) is 3.00. The number of methoxy groups -OCH3 is 1. The van der Waals surface area contributed by atoms with Crippen molar-refractivity contribution in [1.29, 1.82) is 5.26 Å². The van der Waals surface area contributed by atoms with E-state index in [1.807, 2.05) is 36.4 Å². The van der Waals surface area contributed by atoms with Gasteiger partial charge in [0.2, 0.25) is 5.91 Å². The van der Waals surface area contributed by atoms with Crippen LogP contribution in [0, 0.1) is 11.3 Å². The maximum Gasteiger partial charge on any atom is 0.230 e. The Morgan fingerprint density at radius 1 is 1.12 bits per heavy atom. The van der Waals surface area contributed by atoms with Gasteiger partial charge in [-0.15, -0.1) is 11.8 Å². The number of thioether (sulfide) groups is 1. The van der Waals surface area contributed by atoms with Crippen molar-refractivity contribution in [1.82, 2.24) is 5.32 Å². The number of nitrogens with zero attached hydrogens (tertiary/aromatic N) is 1. The topological polar surface area (TPSA) is 71.3 Å². The van der Waals surface area contributed by atoms with Gasteiger partial charge in [-0.1, -0.05) is 12.1 Å². The Hall–Kier alpha value is -2.65. The molecule has 0 radical (unpaired) electrons. The maximum atomic E-state index is 11.8. The average molecular weight is 356 g/mol. The fraction of sp³-hybridized carbons (Fsp3) is 0.263. The van der Waals surface area contributed by atoms with Crippen LogP contribution in [0.25, 0.3) is 0 Å². The zero-order valence-corrected chi connectivity index (χ0v) is 14.8. The first-order valence-electron chi connectivity index (χ1n) is 7.81. The first-order valence-corrected chi connectivity index (χ1v) is 8.97. The zero-order chi connectivity index (χ0) is 17.9. The van der Waals surface area contributed by atoms with E-state index in [9.17, 15) is 4.79 Å². The summed E-state index contributed by atoms with van der Waals surface area (Å²) in [6, 6.07) is 16.8. The molecule has 0 aliphatic carbocycles. The van der Waals surface area contributed by atoms with Gasteiger partial charge in [-0.2, -0.15) is 5.26 Å². The van der Waals surface area contributed by atoms with Crippen LogP contribution in [-0.4, -0.2) is 31.9 Å². The number of carbonyl (C=O) groups excluding carboxylic acids is 1. The molecule has 0 fully saturated rings. The molecule has 1 amide bonds. The van der Waals surface area contributed by atoms with Crippen LogP contribution in [0.5, 0.6) is 11.5 Å². The Kier molecular flexibility index (Phi) is 7.67. The molecule has 2 rings (SSSR count). The predicted molar refractivity (Wildman–Crippen MR) is 98.8 cm³/mol. The Morgan fingerprint density at radius 3 is 2.44 bits per heavy atom. The third-order valence-electron chi connectivity index (χ3n) is 3.34. The smallest absolute Gasteiger partial charge is 0.230 e. The lowest BCUT2D eigenvalue weighted by Crippen LogP contribution is -2.29. The van der Waals surface area contributed by atoms with Crippen molar-refractivity contribution < 1.29 is 14.3 Å².